The number of fused-ring (bicyclic) bond motifs is 1. The van der Waals surface area contributed by atoms with Gasteiger partial charge in [0.1, 0.15) is 17.7 Å². The minimum Gasteiger partial charge on any atom is -0.351 e. The van der Waals surface area contributed by atoms with Crippen molar-refractivity contribution in [3.05, 3.63) is 96.2 Å². The molecule has 0 aliphatic rings. The smallest absolute Gasteiger partial charge is 0.273 e. The molecule has 0 aliphatic heterocycles. The Kier molecular flexibility index (Phi) is 6.78. The van der Waals surface area contributed by atoms with Crippen LogP contribution in [0.2, 0.25) is 0 Å². The van der Waals surface area contributed by atoms with E-state index >= 15 is 0 Å². The number of nitrogens with one attached hydrogen (secondary N) is 1. The molecule has 2 aromatic carbocycles. The number of aromatic nitrogens is 3. The van der Waals surface area contributed by atoms with Crippen molar-refractivity contribution in [2.75, 3.05) is 13.6 Å². The molecule has 2 heterocycles. The van der Waals surface area contributed by atoms with Gasteiger partial charge < -0.3 is 14.8 Å². The summed E-state index contributed by atoms with van der Waals surface area (Å²) < 4.78 is 1.78. The average molecular weight is 442 g/mol. The lowest BCUT2D eigenvalue weighted by atomic mass is 10.0. The van der Waals surface area contributed by atoms with Gasteiger partial charge in [-0.15, -0.1) is 0 Å². The van der Waals surface area contributed by atoms with Crippen molar-refractivity contribution in [3.8, 4) is 0 Å². The van der Waals surface area contributed by atoms with Crippen LogP contribution in [0, 0.1) is 0 Å². The van der Waals surface area contributed by atoms with Crippen molar-refractivity contribution in [2.45, 2.75) is 18.9 Å². The number of amides is 2. The van der Waals surface area contributed by atoms with E-state index in [9.17, 15) is 9.59 Å². The van der Waals surface area contributed by atoms with E-state index in [-0.39, 0.29) is 17.9 Å². The molecule has 1 N–H and O–H groups in total. The van der Waals surface area contributed by atoms with E-state index in [0.29, 0.717) is 30.8 Å². The number of carbonyl (C=O) groups is 2. The Bertz CT molecular complexity index is 1250. The van der Waals surface area contributed by atoms with Gasteiger partial charge in [-0.1, -0.05) is 48.5 Å². The number of nitrogens with zero attached hydrogens (tertiary/aromatic N) is 4. The summed E-state index contributed by atoms with van der Waals surface area (Å²) >= 11 is 0. The standard InChI is InChI=1S/C26H27N5O2/c1-30-16-8-13-23(30)25(32)27-15-14-20(17-19-9-4-3-5-10-19)31(2)26(33)24-21-11-6-7-12-22(21)28-18-29-24/h3-13,16,18,20H,14-15,17H2,1-2H3,(H,27,32)/t20-/m1/s1. The van der Waals surface area contributed by atoms with Crippen molar-refractivity contribution >= 4 is 22.7 Å². The molecule has 4 aromatic rings. The Balaban J connectivity index is 1.52. The molecule has 0 bridgehead atoms. The van der Waals surface area contributed by atoms with E-state index in [4.69, 9.17) is 0 Å². The van der Waals surface area contributed by atoms with E-state index in [2.05, 4.69) is 15.3 Å². The van der Waals surface area contributed by atoms with Crippen LogP contribution in [-0.2, 0) is 13.5 Å². The molecule has 2 amide bonds. The molecule has 4 rings (SSSR count). The highest BCUT2D eigenvalue weighted by Gasteiger charge is 2.24. The monoisotopic (exact) mass is 441 g/mol. The molecule has 2 aromatic heterocycles. The number of para-hydroxylation sites is 1. The largest absolute Gasteiger partial charge is 0.351 e. The Morgan fingerprint density at radius 2 is 1.76 bits per heavy atom. The Morgan fingerprint density at radius 1 is 1.00 bits per heavy atom. The van der Waals surface area contributed by atoms with E-state index in [0.717, 1.165) is 16.5 Å². The van der Waals surface area contributed by atoms with Crippen LogP contribution in [0.15, 0.2) is 79.3 Å². The fraction of sp³-hybridized carbons (Fsp3) is 0.231. The first-order chi connectivity index (χ1) is 16.0. The SMILES string of the molecule is CN(C(=O)c1ncnc2ccccc12)[C@H](CCNC(=O)c1cccn1C)Cc1ccccc1. The quantitative estimate of drug-likeness (QED) is 0.454. The molecule has 33 heavy (non-hydrogen) atoms. The highest BCUT2D eigenvalue weighted by atomic mass is 16.2. The van der Waals surface area contributed by atoms with Gasteiger partial charge in [-0.25, -0.2) is 9.97 Å². The molecule has 0 saturated heterocycles. The maximum atomic E-state index is 13.5. The zero-order chi connectivity index (χ0) is 23.2. The summed E-state index contributed by atoms with van der Waals surface area (Å²) in [5, 5.41) is 3.71. The number of hydrogen-bond donors (Lipinski definition) is 1. The lowest BCUT2D eigenvalue weighted by molar-refractivity contribution is 0.0719. The lowest BCUT2D eigenvalue weighted by Crippen LogP contribution is -2.41. The third kappa shape index (κ3) is 5.09. The van der Waals surface area contributed by atoms with Gasteiger partial charge >= 0.3 is 0 Å². The summed E-state index contributed by atoms with van der Waals surface area (Å²) in [4.78, 5) is 36.3. The van der Waals surface area contributed by atoms with Crippen molar-refractivity contribution in [2.24, 2.45) is 7.05 Å². The molecule has 0 aliphatic carbocycles. The summed E-state index contributed by atoms with van der Waals surface area (Å²) in [5.74, 6) is -0.292. The topological polar surface area (TPSA) is 80.1 Å². The van der Waals surface area contributed by atoms with Crippen LogP contribution in [0.1, 0.15) is 33.0 Å². The highest BCUT2D eigenvalue weighted by molar-refractivity contribution is 6.04. The van der Waals surface area contributed by atoms with Crippen LogP contribution in [0.3, 0.4) is 0 Å². The van der Waals surface area contributed by atoms with E-state index < -0.39 is 0 Å². The summed E-state index contributed by atoms with van der Waals surface area (Å²) in [6, 6.07) is 21.1. The van der Waals surface area contributed by atoms with Crippen LogP contribution < -0.4 is 5.32 Å². The molecule has 0 radical (unpaired) electrons. The molecular formula is C26H27N5O2. The average Bonchev–Trinajstić information content (AvgIpc) is 3.28. The highest BCUT2D eigenvalue weighted by Crippen LogP contribution is 2.19. The van der Waals surface area contributed by atoms with Gasteiger partial charge in [0.15, 0.2) is 0 Å². The number of benzene rings is 2. The first-order valence-corrected chi connectivity index (χ1v) is 10.9. The molecule has 7 heteroatoms. The van der Waals surface area contributed by atoms with Gasteiger partial charge in [-0.3, -0.25) is 9.59 Å². The first kappa shape index (κ1) is 22.2. The minimum atomic E-state index is -0.164. The zero-order valence-corrected chi connectivity index (χ0v) is 18.8. The van der Waals surface area contributed by atoms with Gasteiger partial charge in [-0.2, -0.15) is 0 Å². The van der Waals surface area contributed by atoms with Crippen molar-refractivity contribution < 1.29 is 9.59 Å². The molecular weight excluding hydrogens is 414 g/mol. The molecule has 0 unspecified atom stereocenters. The van der Waals surface area contributed by atoms with Crippen LogP contribution in [0.25, 0.3) is 10.9 Å². The van der Waals surface area contributed by atoms with Gasteiger partial charge in [0, 0.05) is 38.3 Å². The van der Waals surface area contributed by atoms with Gasteiger partial charge in [0.2, 0.25) is 0 Å². The molecule has 0 fully saturated rings. The second-order valence-electron chi connectivity index (χ2n) is 8.05. The zero-order valence-electron chi connectivity index (χ0n) is 18.8. The fourth-order valence-corrected chi connectivity index (χ4v) is 3.97. The predicted octanol–water partition coefficient (Wildman–Crippen LogP) is 3.47. The fourth-order valence-electron chi connectivity index (χ4n) is 3.97. The molecule has 0 saturated carbocycles. The lowest BCUT2D eigenvalue weighted by Gasteiger charge is -2.29. The van der Waals surface area contributed by atoms with Gasteiger partial charge in [-0.05, 0) is 36.6 Å². The van der Waals surface area contributed by atoms with Crippen LogP contribution in [-0.4, -0.2) is 50.9 Å². The third-order valence-corrected chi connectivity index (χ3v) is 5.87. The van der Waals surface area contributed by atoms with Crippen molar-refractivity contribution in [1.29, 1.82) is 0 Å². The van der Waals surface area contributed by atoms with Crippen LogP contribution in [0.5, 0.6) is 0 Å². The third-order valence-electron chi connectivity index (χ3n) is 5.87. The van der Waals surface area contributed by atoms with E-state index in [1.807, 2.05) is 73.9 Å². The number of hydrogen-bond acceptors (Lipinski definition) is 4. The summed E-state index contributed by atoms with van der Waals surface area (Å²) in [7, 11) is 3.64. The molecule has 1 atom stereocenters. The molecule has 7 nitrogen and oxygen atoms in total. The number of rotatable bonds is 8. The van der Waals surface area contributed by atoms with Crippen molar-refractivity contribution in [3.63, 3.8) is 0 Å². The normalized spacial score (nSPS) is 11.8. The van der Waals surface area contributed by atoms with Gasteiger partial charge in [0.05, 0.1) is 5.52 Å². The number of aryl methyl sites for hydroxylation is 1. The van der Waals surface area contributed by atoms with E-state index in [1.54, 1.807) is 22.6 Å². The summed E-state index contributed by atoms with van der Waals surface area (Å²) in [6.07, 6.45) is 4.55. The first-order valence-electron chi connectivity index (χ1n) is 10.9. The Morgan fingerprint density at radius 3 is 2.52 bits per heavy atom. The second kappa shape index (κ2) is 10.1. The van der Waals surface area contributed by atoms with Gasteiger partial charge in [0.25, 0.3) is 11.8 Å². The van der Waals surface area contributed by atoms with E-state index in [1.165, 1.54) is 6.33 Å². The number of carbonyl (C=O) groups excluding carboxylic acids is 2. The molecule has 168 valence electrons. The maximum Gasteiger partial charge on any atom is 0.273 e. The summed E-state index contributed by atoms with van der Waals surface area (Å²) in [6.45, 7) is 0.448. The maximum absolute atomic E-state index is 13.5. The van der Waals surface area contributed by atoms with Crippen LogP contribution >= 0.6 is 0 Å². The number of likely N-dealkylation sites (N-methyl/N-ethyl adjacent to an activating group) is 1. The minimum absolute atomic E-state index is 0.123. The molecule has 0 spiro atoms. The Hall–Kier alpha value is -4.00. The second-order valence-corrected chi connectivity index (χ2v) is 8.05. The van der Waals surface area contributed by atoms with Crippen LogP contribution in [0.4, 0.5) is 0 Å². The predicted molar refractivity (Wildman–Crippen MR) is 128 cm³/mol. The summed E-state index contributed by atoms with van der Waals surface area (Å²) in [5.41, 5.74) is 2.85. The van der Waals surface area contributed by atoms with Crippen molar-refractivity contribution in [1.82, 2.24) is 24.8 Å². The Labute approximate surface area is 193 Å².